The van der Waals surface area contributed by atoms with Crippen LogP contribution in [0.1, 0.15) is 60.3 Å². The molecule has 0 spiro atoms. The first-order valence-corrected chi connectivity index (χ1v) is 6.65. The van der Waals surface area contributed by atoms with Crippen LogP contribution >= 0.6 is 0 Å². The molecule has 2 nitrogen and oxygen atoms in total. The van der Waals surface area contributed by atoms with E-state index in [1.54, 1.807) is 6.92 Å². The number of aliphatic hydroxyl groups excluding tert-OH is 1. The zero-order valence-electron chi connectivity index (χ0n) is 11.5. The monoisotopic (exact) mass is 228 g/mol. The van der Waals surface area contributed by atoms with Gasteiger partial charge in [-0.3, -0.25) is 0 Å². The van der Waals surface area contributed by atoms with E-state index in [4.69, 9.17) is 4.74 Å². The Bertz CT molecular complexity index is 211. The van der Waals surface area contributed by atoms with Gasteiger partial charge >= 0.3 is 0 Å². The second-order valence-electron chi connectivity index (χ2n) is 6.31. The van der Waals surface area contributed by atoms with E-state index in [2.05, 4.69) is 20.8 Å². The van der Waals surface area contributed by atoms with E-state index in [1.165, 1.54) is 25.7 Å². The molecule has 1 saturated carbocycles. The molecule has 0 aliphatic heterocycles. The largest absolute Gasteiger partial charge is 0.391 e. The van der Waals surface area contributed by atoms with Gasteiger partial charge in [0.2, 0.25) is 0 Å². The molecule has 16 heavy (non-hydrogen) atoms. The van der Waals surface area contributed by atoms with Crippen molar-refractivity contribution in [3.05, 3.63) is 0 Å². The van der Waals surface area contributed by atoms with Crippen molar-refractivity contribution in [3.63, 3.8) is 0 Å². The number of hydrogen-bond donors (Lipinski definition) is 1. The molecular weight excluding hydrogens is 200 g/mol. The highest BCUT2D eigenvalue weighted by molar-refractivity contribution is 4.82. The summed E-state index contributed by atoms with van der Waals surface area (Å²) < 4.78 is 5.89. The number of rotatable bonds is 4. The second kappa shape index (κ2) is 5.50. The van der Waals surface area contributed by atoms with Gasteiger partial charge in [0.15, 0.2) is 0 Å². The van der Waals surface area contributed by atoms with Crippen LogP contribution in [0.4, 0.5) is 0 Å². The third kappa shape index (κ3) is 4.06. The third-order valence-electron chi connectivity index (χ3n) is 4.02. The van der Waals surface area contributed by atoms with Gasteiger partial charge in [-0.15, -0.1) is 0 Å². The van der Waals surface area contributed by atoms with E-state index < -0.39 is 0 Å². The quantitative estimate of drug-likeness (QED) is 0.799. The Hall–Kier alpha value is -0.0800. The van der Waals surface area contributed by atoms with Gasteiger partial charge in [0, 0.05) is 0 Å². The zero-order valence-corrected chi connectivity index (χ0v) is 11.5. The molecule has 0 heterocycles. The highest BCUT2D eigenvalue weighted by Gasteiger charge is 2.32. The second-order valence-corrected chi connectivity index (χ2v) is 6.31. The molecule has 0 bridgehead atoms. The Kier molecular flexibility index (Phi) is 4.81. The molecule has 96 valence electrons. The average molecular weight is 228 g/mol. The molecule has 4 unspecified atom stereocenters. The SMILES string of the molecule is CC(O)C(C)OC(C)C1CCCC(C)(C)C1. The minimum atomic E-state index is -0.376. The molecule has 1 aliphatic carbocycles. The molecule has 2 heteroatoms. The van der Waals surface area contributed by atoms with Crippen LogP contribution in [0.2, 0.25) is 0 Å². The Labute approximate surface area is 100 Å². The summed E-state index contributed by atoms with van der Waals surface area (Å²) in [6.07, 6.45) is 5.01. The van der Waals surface area contributed by atoms with Crippen LogP contribution in [0.15, 0.2) is 0 Å². The molecular formula is C14H28O2. The molecule has 1 N–H and O–H groups in total. The van der Waals surface area contributed by atoms with Crippen LogP contribution in [0.5, 0.6) is 0 Å². The normalized spacial score (nSPS) is 30.8. The number of ether oxygens (including phenoxy) is 1. The maximum absolute atomic E-state index is 9.45. The van der Waals surface area contributed by atoms with Crippen LogP contribution < -0.4 is 0 Å². The molecule has 1 rings (SSSR count). The lowest BCUT2D eigenvalue weighted by molar-refractivity contribution is -0.0865. The zero-order chi connectivity index (χ0) is 12.3. The van der Waals surface area contributed by atoms with Crippen molar-refractivity contribution in [2.24, 2.45) is 11.3 Å². The van der Waals surface area contributed by atoms with E-state index in [0.29, 0.717) is 11.3 Å². The highest BCUT2D eigenvalue weighted by Crippen LogP contribution is 2.40. The van der Waals surface area contributed by atoms with Crippen molar-refractivity contribution in [2.45, 2.75) is 78.6 Å². The van der Waals surface area contributed by atoms with Gasteiger partial charge in [-0.25, -0.2) is 0 Å². The molecule has 1 fully saturated rings. The van der Waals surface area contributed by atoms with Crippen LogP contribution in [-0.2, 0) is 4.74 Å². The Morgan fingerprint density at radius 2 is 1.88 bits per heavy atom. The maximum atomic E-state index is 9.45. The van der Waals surface area contributed by atoms with Crippen molar-refractivity contribution in [3.8, 4) is 0 Å². The lowest BCUT2D eigenvalue weighted by Gasteiger charge is -2.38. The van der Waals surface area contributed by atoms with Gasteiger partial charge in [0.05, 0.1) is 18.3 Å². The van der Waals surface area contributed by atoms with E-state index in [9.17, 15) is 5.11 Å². The van der Waals surface area contributed by atoms with Crippen molar-refractivity contribution < 1.29 is 9.84 Å². The summed E-state index contributed by atoms with van der Waals surface area (Å²) >= 11 is 0. The first kappa shape index (κ1) is 14.0. The van der Waals surface area contributed by atoms with Crippen LogP contribution in [0, 0.1) is 11.3 Å². The Morgan fingerprint density at radius 3 is 2.38 bits per heavy atom. The summed E-state index contributed by atoms with van der Waals surface area (Å²) in [4.78, 5) is 0. The fraction of sp³-hybridized carbons (Fsp3) is 1.00. The molecule has 0 amide bonds. The van der Waals surface area contributed by atoms with Crippen molar-refractivity contribution in [2.75, 3.05) is 0 Å². The average Bonchev–Trinajstić information content (AvgIpc) is 2.15. The summed E-state index contributed by atoms with van der Waals surface area (Å²) in [5.74, 6) is 0.657. The van der Waals surface area contributed by atoms with Gasteiger partial charge in [-0.05, 0) is 51.4 Å². The fourth-order valence-electron chi connectivity index (χ4n) is 2.72. The topological polar surface area (TPSA) is 29.5 Å². The minimum Gasteiger partial charge on any atom is -0.391 e. The van der Waals surface area contributed by atoms with Crippen molar-refractivity contribution >= 4 is 0 Å². The Balaban J connectivity index is 2.44. The molecule has 0 aromatic rings. The molecule has 4 atom stereocenters. The predicted molar refractivity (Wildman–Crippen MR) is 67.4 cm³/mol. The standard InChI is InChI=1S/C14H28O2/c1-10(15)11(2)16-12(3)13-7-6-8-14(4,5)9-13/h10-13,15H,6-9H2,1-5H3. The van der Waals surface area contributed by atoms with Gasteiger partial charge in [0.1, 0.15) is 0 Å². The molecule has 0 aromatic heterocycles. The van der Waals surface area contributed by atoms with Crippen molar-refractivity contribution in [1.82, 2.24) is 0 Å². The molecule has 1 aliphatic rings. The van der Waals surface area contributed by atoms with Crippen molar-refractivity contribution in [1.29, 1.82) is 0 Å². The van der Waals surface area contributed by atoms with Crippen LogP contribution in [0.25, 0.3) is 0 Å². The highest BCUT2D eigenvalue weighted by atomic mass is 16.5. The lowest BCUT2D eigenvalue weighted by Crippen LogP contribution is -2.35. The fourth-order valence-corrected chi connectivity index (χ4v) is 2.72. The molecule has 0 saturated heterocycles. The van der Waals surface area contributed by atoms with E-state index in [-0.39, 0.29) is 18.3 Å². The van der Waals surface area contributed by atoms with E-state index in [0.717, 1.165) is 0 Å². The number of hydrogen-bond acceptors (Lipinski definition) is 2. The summed E-state index contributed by atoms with van der Waals surface area (Å²) in [6.45, 7) is 10.6. The van der Waals surface area contributed by atoms with E-state index in [1.807, 2.05) is 6.92 Å². The van der Waals surface area contributed by atoms with Gasteiger partial charge in [-0.1, -0.05) is 20.3 Å². The Morgan fingerprint density at radius 1 is 1.25 bits per heavy atom. The molecule has 0 aromatic carbocycles. The van der Waals surface area contributed by atoms with Crippen LogP contribution in [0.3, 0.4) is 0 Å². The first-order chi connectivity index (χ1) is 7.32. The van der Waals surface area contributed by atoms with Crippen LogP contribution in [-0.4, -0.2) is 23.4 Å². The number of aliphatic hydroxyl groups is 1. The van der Waals surface area contributed by atoms with Gasteiger partial charge in [0.25, 0.3) is 0 Å². The summed E-state index contributed by atoms with van der Waals surface area (Å²) in [5.41, 5.74) is 0.467. The molecule has 0 radical (unpaired) electrons. The summed E-state index contributed by atoms with van der Waals surface area (Å²) in [7, 11) is 0. The summed E-state index contributed by atoms with van der Waals surface area (Å²) in [5, 5.41) is 9.45. The van der Waals surface area contributed by atoms with Gasteiger partial charge < -0.3 is 9.84 Å². The lowest BCUT2D eigenvalue weighted by atomic mass is 9.71. The smallest absolute Gasteiger partial charge is 0.0806 e. The maximum Gasteiger partial charge on any atom is 0.0806 e. The summed E-state index contributed by atoms with van der Waals surface area (Å²) in [6, 6.07) is 0. The van der Waals surface area contributed by atoms with Gasteiger partial charge in [-0.2, -0.15) is 0 Å². The third-order valence-corrected chi connectivity index (χ3v) is 4.02. The first-order valence-electron chi connectivity index (χ1n) is 6.65. The van der Waals surface area contributed by atoms with E-state index >= 15 is 0 Å². The predicted octanol–water partition coefficient (Wildman–Crippen LogP) is 3.38. The minimum absolute atomic E-state index is 0.0555.